The Morgan fingerprint density at radius 3 is 2.57 bits per heavy atom. The summed E-state index contributed by atoms with van der Waals surface area (Å²) in [7, 11) is 0. The molecular weight excluding hydrogens is 348 g/mol. The average Bonchev–Trinajstić information content (AvgIpc) is 3.31. The van der Waals surface area contributed by atoms with Gasteiger partial charge in [-0.3, -0.25) is 0 Å². The number of H-pyrrole nitrogens is 1. The van der Waals surface area contributed by atoms with Gasteiger partial charge in [0.2, 0.25) is 0 Å². The molecule has 0 aliphatic heterocycles. The number of aromatic amines is 1. The number of nitrogens with zero attached hydrogens (tertiary/aromatic N) is 1. The Bertz CT molecular complexity index is 1190. The second kappa shape index (κ2) is 6.64. The number of nitrogens with one attached hydrogen (secondary N) is 1. The molecule has 0 fully saturated rings. The van der Waals surface area contributed by atoms with Crippen molar-refractivity contribution in [2.45, 2.75) is 25.7 Å². The molecule has 0 saturated heterocycles. The Balaban J connectivity index is 1.69. The van der Waals surface area contributed by atoms with Crippen molar-refractivity contribution in [3.05, 3.63) is 88.7 Å². The molecule has 4 nitrogen and oxygen atoms in total. The van der Waals surface area contributed by atoms with Crippen LogP contribution in [0.2, 0.25) is 0 Å². The number of aromatic nitrogens is 2. The van der Waals surface area contributed by atoms with E-state index >= 15 is 0 Å². The van der Waals surface area contributed by atoms with Crippen LogP contribution in [-0.4, -0.2) is 21.0 Å². The largest absolute Gasteiger partial charge is 0.477 e. The Labute approximate surface area is 162 Å². The summed E-state index contributed by atoms with van der Waals surface area (Å²) in [6.45, 7) is 0. The number of rotatable bonds is 4. The molecule has 5 rings (SSSR count). The van der Waals surface area contributed by atoms with Gasteiger partial charge < -0.3 is 10.1 Å². The van der Waals surface area contributed by atoms with Crippen LogP contribution in [0.4, 0.5) is 0 Å². The Kier molecular flexibility index (Phi) is 3.97. The molecule has 0 amide bonds. The van der Waals surface area contributed by atoms with Crippen LogP contribution in [0.5, 0.6) is 0 Å². The van der Waals surface area contributed by atoms with Crippen LogP contribution >= 0.6 is 0 Å². The summed E-state index contributed by atoms with van der Waals surface area (Å²) in [4.78, 5) is 19.3. The molecule has 1 aliphatic rings. The normalized spacial score (nSPS) is 13.0. The number of carboxylic acid groups (broad SMARTS) is 1. The molecule has 2 N–H and O–H groups in total. The van der Waals surface area contributed by atoms with E-state index in [-0.39, 0.29) is 5.69 Å². The van der Waals surface area contributed by atoms with Crippen LogP contribution < -0.4 is 0 Å². The van der Waals surface area contributed by atoms with Crippen LogP contribution in [0.25, 0.3) is 22.2 Å². The third-order valence-electron chi connectivity index (χ3n) is 5.56. The molecule has 0 bridgehead atoms. The monoisotopic (exact) mass is 368 g/mol. The first kappa shape index (κ1) is 16.8. The molecular formula is C24H20N2O2. The number of carboxylic acids is 1. The topological polar surface area (TPSA) is 66.0 Å². The molecule has 2 heterocycles. The molecule has 0 radical (unpaired) electrons. The predicted molar refractivity (Wildman–Crippen MR) is 110 cm³/mol. The zero-order valence-electron chi connectivity index (χ0n) is 15.4. The van der Waals surface area contributed by atoms with Gasteiger partial charge in [-0.1, -0.05) is 36.4 Å². The van der Waals surface area contributed by atoms with Crippen molar-refractivity contribution in [2.75, 3.05) is 0 Å². The van der Waals surface area contributed by atoms with Crippen LogP contribution in [-0.2, 0) is 19.3 Å². The van der Waals surface area contributed by atoms with Crippen molar-refractivity contribution < 1.29 is 9.90 Å². The van der Waals surface area contributed by atoms with E-state index in [1.807, 2.05) is 24.3 Å². The second-order valence-corrected chi connectivity index (χ2v) is 7.36. The minimum atomic E-state index is -0.998. The van der Waals surface area contributed by atoms with Crippen LogP contribution in [0.3, 0.4) is 0 Å². The molecule has 0 unspecified atom stereocenters. The van der Waals surface area contributed by atoms with E-state index in [0.29, 0.717) is 6.42 Å². The van der Waals surface area contributed by atoms with E-state index in [1.54, 1.807) is 6.07 Å². The minimum Gasteiger partial charge on any atom is -0.477 e. The fourth-order valence-electron chi connectivity index (χ4n) is 4.24. The van der Waals surface area contributed by atoms with Gasteiger partial charge >= 0.3 is 5.97 Å². The summed E-state index contributed by atoms with van der Waals surface area (Å²) >= 11 is 0. The SMILES string of the molecule is O=C(O)c1cccc(Cc2c(-c3ccccc3)[nH]c3cc4c(cc23)CCC4)n1. The summed E-state index contributed by atoms with van der Waals surface area (Å²) < 4.78 is 0. The summed E-state index contributed by atoms with van der Waals surface area (Å²) in [5.41, 5.74) is 8.24. The molecule has 28 heavy (non-hydrogen) atoms. The maximum absolute atomic E-state index is 11.3. The van der Waals surface area contributed by atoms with E-state index in [0.717, 1.165) is 35.3 Å². The van der Waals surface area contributed by atoms with E-state index in [4.69, 9.17) is 0 Å². The van der Waals surface area contributed by atoms with Gasteiger partial charge in [0.25, 0.3) is 0 Å². The second-order valence-electron chi connectivity index (χ2n) is 7.36. The number of hydrogen-bond donors (Lipinski definition) is 2. The highest BCUT2D eigenvalue weighted by Crippen LogP contribution is 2.35. The maximum atomic E-state index is 11.3. The Hall–Kier alpha value is -3.40. The van der Waals surface area contributed by atoms with Crippen molar-refractivity contribution >= 4 is 16.9 Å². The number of aromatic carboxylic acids is 1. The van der Waals surface area contributed by atoms with Gasteiger partial charge in [-0.15, -0.1) is 0 Å². The minimum absolute atomic E-state index is 0.0829. The van der Waals surface area contributed by atoms with E-state index < -0.39 is 5.97 Å². The summed E-state index contributed by atoms with van der Waals surface area (Å²) in [5.74, 6) is -0.998. The first-order chi connectivity index (χ1) is 13.7. The highest BCUT2D eigenvalue weighted by Gasteiger charge is 2.19. The van der Waals surface area contributed by atoms with Crippen LogP contribution in [0.15, 0.2) is 60.7 Å². The number of fused-ring (bicyclic) bond motifs is 2. The lowest BCUT2D eigenvalue weighted by Crippen LogP contribution is -2.03. The molecule has 138 valence electrons. The molecule has 2 aromatic heterocycles. The first-order valence-electron chi connectivity index (χ1n) is 9.60. The van der Waals surface area contributed by atoms with Crippen molar-refractivity contribution in [2.24, 2.45) is 0 Å². The quantitative estimate of drug-likeness (QED) is 0.532. The first-order valence-corrected chi connectivity index (χ1v) is 9.60. The van der Waals surface area contributed by atoms with Crippen LogP contribution in [0.1, 0.15) is 39.3 Å². The highest BCUT2D eigenvalue weighted by molar-refractivity contribution is 5.92. The molecule has 0 spiro atoms. The van der Waals surface area contributed by atoms with Crippen molar-refractivity contribution in [1.82, 2.24) is 9.97 Å². The lowest BCUT2D eigenvalue weighted by atomic mass is 9.98. The standard InChI is InChI=1S/C24H20N2O2/c27-24(28)21-11-5-10-18(25-21)14-20-19-12-16-8-4-9-17(16)13-22(19)26-23(20)15-6-2-1-3-7-15/h1-3,5-7,10-13,26H,4,8-9,14H2,(H,27,28). The molecule has 4 aromatic rings. The van der Waals surface area contributed by atoms with Crippen LogP contribution in [0, 0.1) is 0 Å². The molecule has 1 aliphatic carbocycles. The molecule has 0 saturated carbocycles. The van der Waals surface area contributed by atoms with Gasteiger partial charge in [0.15, 0.2) is 0 Å². The predicted octanol–water partition coefficient (Wildman–Crippen LogP) is 5.01. The van der Waals surface area contributed by atoms with Gasteiger partial charge in [-0.25, -0.2) is 9.78 Å². The van der Waals surface area contributed by atoms with E-state index in [2.05, 4.69) is 34.2 Å². The summed E-state index contributed by atoms with van der Waals surface area (Å²) in [6.07, 6.45) is 4.07. The fraction of sp³-hybridized carbons (Fsp3) is 0.167. The van der Waals surface area contributed by atoms with Gasteiger partial charge in [0.05, 0.1) is 5.69 Å². The Morgan fingerprint density at radius 2 is 1.79 bits per heavy atom. The smallest absolute Gasteiger partial charge is 0.354 e. The summed E-state index contributed by atoms with van der Waals surface area (Å²) in [5, 5.41) is 10.5. The number of carbonyl (C=O) groups is 1. The zero-order chi connectivity index (χ0) is 19.1. The third-order valence-corrected chi connectivity index (χ3v) is 5.56. The molecule has 4 heteroatoms. The van der Waals surface area contributed by atoms with Gasteiger partial charge in [0.1, 0.15) is 5.69 Å². The van der Waals surface area contributed by atoms with Crippen molar-refractivity contribution in [1.29, 1.82) is 0 Å². The fourth-order valence-corrected chi connectivity index (χ4v) is 4.24. The lowest BCUT2D eigenvalue weighted by Gasteiger charge is -2.07. The van der Waals surface area contributed by atoms with Gasteiger partial charge in [-0.05, 0) is 65.8 Å². The van der Waals surface area contributed by atoms with Gasteiger partial charge in [0, 0.05) is 23.0 Å². The summed E-state index contributed by atoms with van der Waals surface area (Å²) in [6, 6.07) is 20.1. The zero-order valence-corrected chi connectivity index (χ0v) is 15.4. The number of hydrogen-bond acceptors (Lipinski definition) is 2. The third kappa shape index (κ3) is 2.87. The Morgan fingerprint density at radius 1 is 1.00 bits per heavy atom. The van der Waals surface area contributed by atoms with Crippen molar-refractivity contribution in [3.8, 4) is 11.3 Å². The maximum Gasteiger partial charge on any atom is 0.354 e. The molecule has 2 aromatic carbocycles. The van der Waals surface area contributed by atoms with Gasteiger partial charge in [-0.2, -0.15) is 0 Å². The lowest BCUT2D eigenvalue weighted by molar-refractivity contribution is 0.0690. The van der Waals surface area contributed by atoms with E-state index in [1.165, 1.54) is 34.6 Å². The average molecular weight is 368 g/mol. The number of pyridine rings is 1. The number of benzene rings is 2. The van der Waals surface area contributed by atoms with Crippen molar-refractivity contribution in [3.63, 3.8) is 0 Å². The van der Waals surface area contributed by atoms with E-state index in [9.17, 15) is 9.90 Å². The number of aryl methyl sites for hydroxylation is 2. The molecule has 0 atom stereocenters. The highest BCUT2D eigenvalue weighted by atomic mass is 16.4.